The minimum absolute atomic E-state index is 0.215. The molecule has 90 valence electrons. The molecule has 2 aromatic rings. The highest BCUT2D eigenvalue weighted by atomic mass is 16.5. The van der Waals surface area contributed by atoms with Gasteiger partial charge in [-0.3, -0.25) is 4.79 Å². The molecule has 0 aliphatic rings. The number of aromatic amines is 1. The highest BCUT2D eigenvalue weighted by Crippen LogP contribution is 2.17. The largest absolute Gasteiger partial charge is 0.464 e. The van der Waals surface area contributed by atoms with E-state index >= 15 is 0 Å². The number of esters is 1. The van der Waals surface area contributed by atoms with E-state index < -0.39 is 0 Å². The number of aromatic nitrogens is 1. The lowest BCUT2D eigenvalue weighted by molar-refractivity contribution is -0.142. The number of ether oxygens (including phenoxy) is 1. The summed E-state index contributed by atoms with van der Waals surface area (Å²) in [4.78, 5) is 14.3. The van der Waals surface area contributed by atoms with Gasteiger partial charge in [-0.15, -0.1) is 0 Å². The summed E-state index contributed by atoms with van der Waals surface area (Å²) in [5, 5.41) is 3.95. The zero-order valence-corrected chi connectivity index (χ0v) is 9.82. The van der Waals surface area contributed by atoms with Crippen LogP contribution in [0.15, 0.2) is 30.5 Å². The van der Waals surface area contributed by atoms with Gasteiger partial charge in [-0.25, -0.2) is 0 Å². The fourth-order valence-corrected chi connectivity index (χ4v) is 1.81. The summed E-state index contributed by atoms with van der Waals surface area (Å²) in [6.07, 6.45) is 2.70. The zero-order valence-electron chi connectivity index (χ0n) is 9.82. The number of hydrogen-bond acceptors (Lipinski definition) is 3. The summed E-state index contributed by atoms with van der Waals surface area (Å²) < 4.78 is 5.09. The molecular formula is C13H16N2O2. The summed E-state index contributed by atoms with van der Waals surface area (Å²) >= 11 is 0. The lowest BCUT2D eigenvalue weighted by Gasteiger charge is -2.03. The molecule has 1 heterocycles. The average molecular weight is 232 g/mol. The van der Waals surface area contributed by atoms with E-state index in [2.05, 4.69) is 16.4 Å². The van der Waals surface area contributed by atoms with Crippen LogP contribution in [0.2, 0.25) is 0 Å². The standard InChI is InChI=1S/C13H16N2O2/c1-14-9-13(16)17-7-6-10-8-15-12-5-3-2-4-11(10)12/h2-5,8,14-15H,6-7,9H2,1H3. The first-order valence-electron chi connectivity index (χ1n) is 5.66. The zero-order chi connectivity index (χ0) is 12.1. The van der Waals surface area contributed by atoms with Gasteiger partial charge in [0, 0.05) is 23.5 Å². The van der Waals surface area contributed by atoms with Crippen molar-refractivity contribution >= 4 is 16.9 Å². The Morgan fingerprint density at radius 3 is 3.06 bits per heavy atom. The minimum atomic E-state index is -0.215. The molecule has 0 radical (unpaired) electrons. The average Bonchev–Trinajstić information content (AvgIpc) is 2.73. The van der Waals surface area contributed by atoms with Crippen molar-refractivity contribution in [1.82, 2.24) is 10.3 Å². The molecule has 2 rings (SSSR count). The van der Waals surface area contributed by atoms with Crippen molar-refractivity contribution in [3.63, 3.8) is 0 Å². The second-order valence-corrected chi connectivity index (χ2v) is 3.86. The fraction of sp³-hybridized carbons (Fsp3) is 0.308. The number of H-pyrrole nitrogens is 1. The Balaban J connectivity index is 1.93. The van der Waals surface area contributed by atoms with Gasteiger partial charge in [-0.05, 0) is 18.7 Å². The number of nitrogens with one attached hydrogen (secondary N) is 2. The van der Waals surface area contributed by atoms with Gasteiger partial charge in [0.25, 0.3) is 0 Å². The van der Waals surface area contributed by atoms with Gasteiger partial charge in [0.1, 0.15) is 0 Å². The van der Waals surface area contributed by atoms with Gasteiger partial charge in [0.05, 0.1) is 13.2 Å². The molecule has 1 aromatic heterocycles. The Kier molecular flexibility index (Phi) is 3.77. The Labute approximate surface area is 100.0 Å². The number of para-hydroxylation sites is 1. The molecule has 0 saturated carbocycles. The van der Waals surface area contributed by atoms with E-state index in [0.717, 1.165) is 11.9 Å². The molecule has 4 heteroatoms. The number of hydrogen-bond donors (Lipinski definition) is 2. The summed E-state index contributed by atoms with van der Waals surface area (Å²) in [5.41, 5.74) is 2.29. The molecule has 4 nitrogen and oxygen atoms in total. The number of carbonyl (C=O) groups excluding carboxylic acids is 1. The van der Waals surface area contributed by atoms with E-state index in [1.54, 1.807) is 7.05 Å². The number of carbonyl (C=O) groups is 1. The summed E-state index contributed by atoms with van der Waals surface area (Å²) in [6, 6.07) is 8.10. The molecule has 0 aliphatic carbocycles. The normalized spacial score (nSPS) is 10.6. The first-order valence-corrected chi connectivity index (χ1v) is 5.66. The van der Waals surface area contributed by atoms with Gasteiger partial charge in [-0.2, -0.15) is 0 Å². The molecule has 0 aliphatic heterocycles. The van der Waals surface area contributed by atoms with Gasteiger partial charge < -0.3 is 15.0 Å². The Hall–Kier alpha value is -1.81. The van der Waals surface area contributed by atoms with E-state index in [0.29, 0.717) is 6.61 Å². The second-order valence-electron chi connectivity index (χ2n) is 3.86. The third-order valence-corrected chi connectivity index (χ3v) is 2.63. The molecule has 0 bridgehead atoms. The summed E-state index contributed by atoms with van der Waals surface area (Å²) in [7, 11) is 1.72. The molecule has 1 aromatic carbocycles. The van der Waals surface area contributed by atoms with Crippen molar-refractivity contribution in [2.45, 2.75) is 6.42 Å². The van der Waals surface area contributed by atoms with Gasteiger partial charge >= 0.3 is 5.97 Å². The SMILES string of the molecule is CNCC(=O)OCCc1c[nH]c2ccccc12. The van der Waals surface area contributed by atoms with E-state index in [4.69, 9.17) is 4.74 Å². The van der Waals surface area contributed by atoms with E-state index in [1.807, 2.05) is 24.4 Å². The molecule has 0 spiro atoms. The molecule has 17 heavy (non-hydrogen) atoms. The van der Waals surface area contributed by atoms with Crippen LogP contribution in [0, 0.1) is 0 Å². The first kappa shape index (κ1) is 11.7. The second kappa shape index (κ2) is 5.50. The van der Waals surface area contributed by atoms with Crippen LogP contribution in [0.5, 0.6) is 0 Å². The number of benzene rings is 1. The Morgan fingerprint density at radius 1 is 1.41 bits per heavy atom. The smallest absolute Gasteiger partial charge is 0.319 e. The lowest BCUT2D eigenvalue weighted by Crippen LogP contribution is -2.21. The molecule has 0 fully saturated rings. The maximum absolute atomic E-state index is 11.1. The van der Waals surface area contributed by atoms with Gasteiger partial charge in [-0.1, -0.05) is 18.2 Å². The minimum Gasteiger partial charge on any atom is -0.464 e. The highest BCUT2D eigenvalue weighted by molar-refractivity contribution is 5.83. The van der Waals surface area contributed by atoms with Gasteiger partial charge in [0.15, 0.2) is 0 Å². The first-order chi connectivity index (χ1) is 8.31. The third kappa shape index (κ3) is 2.85. The van der Waals surface area contributed by atoms with Crippen molar-refractivity contribution in [3.05, 3.63) is 36.0 Å². The molecule has 2 N–H and O–H groups in total. The highest BCUT2D eigenvalue weighted by Gasteiger charge is 2.04. The number of likely N-dealkylation sites (N-methyl/N-ethyl adjacent to an activating group) is 1. The predicted molar refractivity (Wildman–Crippen MR) is 66.9 cm³/mol. The topological polar surface area (TPSA) is 54.1 Å². The summed E-state index contributed by atoms with van der Waals surface area (Å²) in [5.74, 6) is -0.215. The van der Waals surface area contributed by atoms with Crippen LogP contribution < -0.4 is 5.32 Å². The predicted octanol–water partition coefficient (Wildman–Crippen LogP) is 1.47. The van der Waals surface area contributed by atoms with Crippen LogP contribution in [0.4, 0.5) is 0 Å². The van der Waals surface area contributed by atoms with Crippen LogP contribution in [0.25, 0.3) is 10.9 Å². The Bertz CT molecular complexity index is 505. The van der Waals surface area contributed by atoms with E-state index in [1.165, 1.54) is 10.9 Å². The van der Waals surface area contributed by atoms with Crippen molar-refractivity contribution in [2.24, 2.45) is 0 Å². The van der Waals surface area contributed by atoms with Crippen LogP contribution in [0.1, 0.15) is 5.56 Å². The molecule has 0 atom stereocenters. The van der Waals surface area contributed by atoms with Crippen molar-refractivity contribution in [2.75, 3.05) is 20.2 Å². The lowest BCUT2D eigenvalue weighted by atomic mass is 10.1. The monoisotopic (exact) mass is 232 g/mol. The van der Waals surface area contributed by atoms with E-state index in [9.17, 15) is 4.79 Å². The van der Waals surface area contributed by atoms with E-state index in [-0.39, 0.29) is 12.5 Å². The summed E-state index contributed by atoms with van der Waals surface area (Å²) in [6.45, 7) is 0.677. The molecular weight excluding hydrogens is 216 g/mol. The fourth-order valence-electron chi connectivity index (χ4n) is 1.81. The third-order valence-electron chi connectivity index (χ3n) is 2.63. The van der Waals surface area contributed by atoms with Crippen molar-refractivity contribution < 1.29 is 9.53 Å². The maximum Gasteiger partial charge on any atom is 0.319 e. The van der Waals surface area contributed by atoms with Crippen molar-refractivity contribution in [3.8, 4) is 0 Å². The van der Waals surface area contributed by atoms with Gasteiger partial charge in [0.2, 0.25) is 0 Å². The van der Waals surface area contributed by atoms with Crippen LogP contribution in [-0.4, -0.2) is 31.2 Å². The van der Waals surface area contributed by atoms with Crippen LogP contribution in [-0.2, 0) is 16.0 Å². The maximum atomic E-state index is 11.1. The number of rotatable bonds is 5. The van der Waals surface area contributed by atoms with Crippen molar-refractivity contribution in [1.29, 1.82) is 0 Å². The molecule has 0 saturated heterocycles. The number of fused-ring (bicyclic) bond motifs is 1. The quantitative estimate of drug-likeness (QED) is 0.768. The Morgan fingerprint density at radius 2 is 2.24 bits per heavy atom. The van der Waals surface area contributed by atoms with Crippen LogP contribution >= 0.6 is 0 Å². The van der Waals surface area contributed by atoms with Crippen LogP contribution in [0.3, 0.4) is 0 Å². The molecule has 0 amide bonds. The molecule has 0 unspecified atom stereocenters.